The van der Waals surface area contributed by atoms with Gasteiger partial charge in [-0.1, -0.05) is 32.9 Å². The van der Waals surface area contributed by atoms with Crippen molar-refractivity contribution in [2.45, 2.75) is 46.8 Å². The topological polar surface area (TPSA) is 135 Å². The third-order valence-corrected chi connectivity index (χ3v) is 4.94. The van der Waals surface area contributed by atoms with Crippen LogP contribution in [0, 0.1) is 13.1 Å². The molecule has 2 heterocycles. The van der Waals surface area contributed by atoms with Gasteiger partial charge in [0, 0.05) is 23.1 Å². The fraction of sp³-hybridized carbons (Fsp3) is 0.500. The number of hydrogen-bond acceptors (Lipinski definition) is 9. The maximum Gasteiger partial charge on any atom is 0.265 e. The van der Waals surface area contributed by atoms with Crippen LogP contribution in [0.3, 0.4) is 0 Å². The van der Waals surface area contributed by atoms with Gasteiger partial charge >= 0.3 is 0 Å². The molecule has 0 saturated carbocycles. The molecule has 0 amide bonds. The molecular weight excluding hydrogens is 554 g/mol. The van der Waals surface area contributed by atoms with E-state index in [0.717, 1.165) is 12.5 Å². The highest BCUT2D eigenvalue weighted by atomic mass is 35.7. The average molecular weight is 590 g/mol. The van der Waals surface area contributed by atoms with Crippen LogP contribution < -0.4 is 0 Å². The Morgan fingerprint density at radius 2 is 1.26 bits per heavy atom. The number of pyridine rings is 2. The summed E-state index contributed by atoms with van der Waals surface area (Å²) in [5.74, 6) is 0. The maximum atomic E-state index is 10.8. The molecule has 38 heavy (non-hydrogen) atoms. The quantitative estimate of drug-likeness (QED) is 0.272. The summed E-state index contributed by atoms with van der Waals surface area (Å²) in [4.78, 5) is 16.5. The summed E-state index contributed by atoms with van der Waals surface area (Å²) in [5.41, 5.74) is 1.98. The first-order valence-electron chi connectivity index (χ1n) is 11.4. The molecule has 0 fully saturated rings. The van der Waals surface area contributed by atoms with Crippen LogP contribution in [0.4, 0.5) is 11.4 Å². The van der Waals surface area contributed by atoms with Crippen molar-refractivity contribution in [1.82, 2.24) is 14.9 Å². The van der Waals surface area contributed by atoms with E-state index in [0.29, 0.717) is 22.8 Å². The smallest absolute Gasteiger partial charge is 0.265 e. The Labute approximate surface area is 231 Å². The lowest BCUT2D eigenvalue weighted by atomic mass is 10.2. The van der Waals surface area contributed by atoms with Crippen LogP contribution >= 0.6 is 10.7 Å². The minimum atomic E-state index is -3.49. The van der Waals surface area contributed by atoms with Gasteiger partial charge in [-0.3, -0.25) is 14.2 Å². The summed E-state index contributed by atoms with van der Waals surface area (Å²) < 4.78 is 45.2. The van der Waals surface area contributed by atoms with Crippen LogP contribution in [0.2, 0.25) is 0 Å². The molecule has 2 atom stereocenters. The van der Waals surface area contributed by atoms with Gasteiger partial charge in [-0.05, 0) is 45.6 Å². The normalized spacial score (nSPS) is 12.1. The summed E-state index contributed by atoms with van der Waals surface area (Å²) in [6.07, 6.45) is 3.54. The Balaban J connectivity index is 0. The number of aliphatic hydroxyl groups is 1. The second-order valence-corrected chi connectivity index (χ2v) is 12.2. The molecule has 0 aliphatic heterocycles. The standard InChI is InChI=1S/C9H10N2O3S.C8H8N2O.C6H15N.CH3ClO2S/c1-7(14-15(3,12)13)9-5-4-8(10-2)6-11-9;1-6(11)8-4-3-7(9-2)5-10-8;1-4-7(5-2)6-3;1-5(2,3)4/h4-7H,1,3H3;3-6,11H,1H3;4-6H2,1-3H3;1H3/t7-;6-;;/m00../s1. The van der Waals surface area contributed by atoms with Gasteiger partial charge in [-0.25, -0.2) is 18.1 Å². The van der Waals surface area contributed by atoms with Crippen molar-refractivity contribution < 1.29 is 26.1 Å². The first kappa shape index (κ1) is 37.5. The fourth-order valence-electron chi connectivity index (χ4n) is 2.40. The predicted molar refractivity (Wildman–Crippen MR) is 150 cm³/mol. The Hall–Kier alpha value is -2.65. The molecule has 0 saturated heterocycles. The monoisotopic (exact) mass is 589 g/mol. The molecule has 0 unspecified atom stereocenters. The van der Waals surface area contributed by atoms with Gasteiger partial charge in [-0.2, -0.15) is 8.42 Å². The SMILES string of the molecule is CCN(CC)CC.CS(=O)(=O)Cl.[C-]#[N+]c1ccc([C@H](C)O)nc1.[C-]#[N+]c1ccc([C@H](C)OS(C)(=O)=O)nc1. The van der Waals surface area contributed by atoms with Crippen LogP contribution in [0.1, 0.15) is 58.2 Å². The second kappa shape index (κ2) is 19.4. The van der Waals surface area contributed by atoms with Gasteiger partial charge in [0.15, 0.2) is 0 Å². The van der Waals surface area contributed by atoms with Gasteiger partial charge in [-0.15, -0.1) is 0 Å². The number of hydrogen-bond donors (Lipinski definition) is 1. The molecule has 11 nitrogen and oxygen atoms in total. The van der Waals surface area contributed by atoms with E-state index in [4.69, 9.17) is 22.4 Å². The molecule has 212 valence electrons. The number of nitrogens with zero attached hydrogens (tertiary/aromatic N) is 5. The van der Waals surface area contributed by atoms with Crippen molar-refractivity contribution in [2.75, 3.05) is 32.1 Å². The number of halogens is 1. The summed E-state index contributed by atoms with van der Waals surface area (Å²) in [5, 5.41) is 9.05. The van der Waals surface area contributed by atoms with E-state index in [2.05, 4.69) is 56.0 Å². The third-order valence-electron chi connectivity index (χ3n) is 4.31. The molecule has 2 aromatic heterocycles. The van der Waals surface area contributed by atoms with Crippen LogP contribution in [0.5, 0.6) is 0 Å². The van der Waals surface area contributed by atoms with Crippen molar-refractivity contribution in [1.29, 1.82) is 0 Å². The van der Waals surface area contributed by atoms with Gasteiger partial charge in [0.25, 0.3) is 10.1 Å². The highest BCUT2D eigenvalue weighted by molar-refractivity contribution is 8.13. The first-order chi connectivity index (χ1) is 17.5. The molecular formula is C24H36ClN5O6S2. The first-order valence-corrected chi connectivity index (χ1v) is 15.9. The van der Waals surface area contributed by atoms with Gasteiger partial charge in [0.05, 0.1) is 43.1 Å². The second-order valence-electron chi connectivity index (χ2n) is 7.53. The van der Waals surface area contributed by atoms with Crippen molar-refractivity contribution in [3.05, 3.63) is 70.9 Å². The molecule has 1 N–H and O–H groups in total. The fourth-order valence-corrected chi connectivity index (χ4v) is 3.02. The Kier molecular flexibility index (Phi) is 19.2. The van der Waals surface area contributed by atoms with Crippen LogP contribution in [-0.4, -0.2) is 69.0 Å². The zero-order valence-electron chi connectivity index (χ0n) is 22.7. The molecule has 0 bridgehead atoms. The molecule has 2 aromatic rings. The van der Waals surface area contributed by atoms with E-state index >= 15 is 0 Å². The largest absolute Gasteiger partial charge is 0.387 e. The lowest BCUT2D eigenvalue weighted by molar-refractivity contribution is 0.194. The van der Waals surface area contributed by atoms with E-state index in [9.17, 15) is 16.8 Å². The number of aromatic nitrogens is 2. The summed E-state index contributed by atoms with van der Waals surface area (Å²) in [6, 6.07) is 6.43. The molecule has 0 aliphatic rings. The van der Waals surface area contributed by atoms with Gasteiger partial charge in [0.1, 0.15) is 6.10 Å². The lowest BCUT2D eigenvalue weighted by Gasteiger charge is -2.13. The summed E-state index contributed by atoms with van der Waals surface area (Å²) >= 11 is 0. The minimum Gasteiger partial charge on any atom is -0.387 e. The van der Waals surface area contributed by atoms with E-state index < -0.39 is 31.4 Å². The maximum absolute atomic E-state index is 10.8. The number of rotatable bonds is 7. The van der Waals surface area contributed by atoms with E-state index in [1.807, 2.05) is 0 Å². The lowest BCUT2D eigenvalue weighted by Crippen LogP contribution is -2.21. The summed E-state index contributed by atoms with van der Waals surface area (Å²) in [6.45, 7) is 26.7. The van der Waals surface area contributed by atoms with Gasteiger partial charge in [0.2, 0.25) is 20.4 Å². The molecule has 0 aliphatic carbocycles. The molecule has 0 aromatic carbocycles. The van der Waals surface area contributed by atoms with Crippen LogP contribution in [0.25, 0.3) is 9.69 Å². The minimum absolute atomic E-state index is 0.408. The average Bonchev–Trinajstić information content (AvgIpc) is 2.84. The zero-order chi connectivity index (χ0) is 29.9. The van der Waals surface area contributed by atoms with Crippen LogP contribution in [-0.2, 0) is 23.4 Å². The number of aliphatic hydroxyl groups excluding tert-OH is 1. The molecule has 0 spiro atoms. The highest BCUT2D eigenvalue weighted by Crippen LogP contribution is 2.19. The van der Waals surface area contributed by atoms with Gasteiger partial charge < -0.3 is 10.0 Å². The highest BCUT2D eigenvalue weighted by Gasteiger charge is 2.13. The van der Waals surface area contributed by atoms with Crippen molar-refractivity contribution in [2.24, 2.45) is 0 Å². The Morgan fingerprint density at radius 3 is 1.47 bits per heavy atom. The predicted octanol–water partition coefficient (Wildman–Crippen LogP) is 4.89. The van der Waals surface area contributed by atoms with E-state index in [-0.39, 0.29) is 0 Å². The zero-order valence-corrected chi connectivity index (χ0v) is 25.0. The van der Waals surface area contributed by atoms with E-state index in [1.165, 1.54) is 32.0 Å². The molecule has 2 rings (SSSR count). The van der Waals surface area contributed by atoms with Crippen molar-refractivity contribution in [3.63, 3.8) is 0 Å². The van der Waals surface area contributed by atoms with Crippen molar-refractivity contribution in [3.8, 4) is 0 Å². The van der Waals surface area contributed by atoms with Crippen molar-refractivity contribution >= 4 is 41.2 Å². The molecule has 0 radical (unpaired) electrons. The van der Waals surface area contributed by atoms with E-state index in [1.54, 1.807) is 38.1 Å². The van der Waals surface area contributed by atoms with Crippen LogP contribution in [0.15, 0.2) is 36.7 Å². The summed E-state index contributed by atoms with van der Waals surface area (Å²) in [7, 11) is -2.18. The Bertz CT molecular complexity index is 1210. The molecule has 14 heteroatoms. The third kappa shape index (κ3) is 21.4. The Morgan fingerprint density at radius 1 is 0.895 bits per heavy atom.